The molecular formula is C8H7F3N4O. The first-order valence-corrected chi connectivity index (χ1v) is 4.02. The van der Waals surface area contributed by atoms with Crippen LogP contribution < -0.4 is 16.2 Å². The fraction of sp³-hybridized carbons (Fsp3) is 0.250. The van der Waals surface area contributed by atoms with Crippen LogP contribution in [0.1, 0.15) is 11.1 Å². The molecule has 5 nitrogen and oxygen atoms in total. The molecule has 0 saturated heterocycles. The number of ether oxygens (including phenoxy) is 1. The quantitative estimate of drug-likeness (QED) is 0.789. The zero-order chi connectivity index (χ0) is 12.3. The van der Waals surface area contributed by atoms with Crippen molar-refractivity contribution >= 4 is 5.82 Å². The van der Waals surface area contributed by atoms with Crippen molar-refractivity contribution in [2.45, 2.75) is 12.9 Å². The number of nitriles is 1. The first-order chi connectivity index (χ1) is 7.37. The maximum Gasteiger partial charge on any atom is 0.574 e. The molecule has 1 heterocycles. The molecule has 4 N–H and O–H groups in total. The largest absolute Gasteiger partial charge is 0.574 e. The number of halogens is 3. The second-order valence-electron chi connectivity index (χ2n) is 2.74. The Hall–Kier alpha value is -2.01. The molecule has 0 fully saturated rings. The van der Waals surface area contributed by atoms with Gasteiger partial charge in [-0.2, -0.15) is 10.2 Å². The van der Waals surface area contributed by atoms with Gasteiger partial charge in [0.05, 0.1) is 11.6 Å². The molecule has 8 heteroatoms. The summed E-state index contributed by atoms with van der Waals surface area (Å²) in [6, 6.07) is 2.51. The van der Waals surface area contributed by atoms with E-state index in [0.29, 0.717) is 0 Å². The van der Waals surface area contributed by atoms with E-state index in [0.717, 1.165) is 6.07 Å². The minimum absolute atomic E-state index is 0.0887. The predicted molar refractivity (Wildman–Crippen MR) is 47.9 cm³/mol. The average Bonchev–Trinajstić information content (AvgIpc) is 2.14. The highest BCUT2D eigenvalue weighted by Gasteiger charge is 2.32. The first kappa shape index (κ1) is 12.1. The molecule has 0 unspecified atom stereocenters. The number of anilines is 1. The summed E-state index contributed by atoms with van der Waals surface area (Å²) in [6.45, 7) is -0.0893. The molecule has 0 aliphatic heterocycles. The molecule has 1 rings (SSSR count). The topological polar surface area (TPSA) is 97.9 Å². The standard InChI is InChI=1S/C8H7F3N4O/c9-8(10,11)16-6-1-4(2-12)5(3-13)7(14)15-6/h1H,3,13H2,(H2,14,15). The Morgan fingerprint density at radius 1 is 1.50 bits per heavy atom. The number of hydrogen-bond donors (Lipinski definition) is 2. The molecule has 0 saturated carbocycles. The van der Waals surface area contributed by atoms with Crippen molar-refractivity contribution < 1.29 is 17.9 Å². The van der Waals surface area contributed by atoms with Gasteiger partial charge in [-0.15, -0.1) is 13.2 Å². The zero-order valence-corrected chi connectivity index (χ0v) is 7.88. The lowest BCUT2D eigenvalue weighted by Gasteiger charge is -2.10. The van der Waals surface area contributed by atoms with E-state index in [-0.39, 0.29) is 23.5 Å². The predicted octanol–water partition coefficient (Wildman–Crippen LogP) is 0.893. The molecule has 1 aromatic rings. The van der Waals surface area contributed by atoms with Crippen molar-refractivity contribution in [3.05, 3.63) is 17.2 Å². The molecule has 0 bridgehead atoms. The van der Waals surface area contributed by atoms with Gasteiger partial charge in [0, 0.05) is 18.2 Å². The molecule has 0 atom stereocenters. The number of nitrogens with zero attached hydrogens (tertiary/aromatic N) is 2. The van der Waals surface area contributed by atoms with Gasteiger partial charge in [0.1, 0.15) is 5.82 Å². The van der Waals surface area contributed by atoms with Gasteiger partial charge in [-0.25, -0.2) is 0 Å². The van der Waals surface area contributed by atoms with E-state index in [1.807, 2.05) is 0 Å². The summed E-state index contributed by atoms with van der Waals surface area (Å²) in [5.74, 6) is -1.03. The molecule has 86 valence electrons. The average molecular weight is 232 g/mol. The third-order valence-electron chi connectivity index (χ3n) is 1.68. The highest BCUT2D eigenvalue weighted by atomic mass is 19.4. The van der Waals surface area contributed by atoms with Crippen LogP contribution in [-0.2, 0) is 6.54 Å². The molecule has 0 amide bonds. The van der Waals surface area contributed by atoms with Crippen molar-refractivity contribution in [1.29, 1.82) is 5.26 Å². The summed E-state index contributed by atoms with van der Waals surface area (Å²) in [5, 5.41) is 8.67. The molecule has 0 aliphatic carbocycles. The third kappa shape index (κ3) is 2.74. The SMILES string of the molecule is N#Cc1cc(OC(F)(F)F)nc(N)c1CN. The van der Waals surface area contributed by atoms with Crippen LogP contribution in [-0.4, -0.2) is 11.3 Å². The molecule has 0 radical (unpaired) electrons. The summed E-state index contributed by atoms with van der Waals surface area (Å²) in [7, 11) is 0. The van der Waals surface area contributed by atoms with Gasteiger partial charge in [0.2, 0.25) is 5.88 Å². The minimum atomic E-state index is -4.88. The normalized spacial score (nSPS) is 10.9. The Morgan fingerprint density at radius 2 is 2.12 bits per heavy atom. The van der Waals surface area contributed by atoms with Crippen LogP contribution >= 0.6 is 0 Å². The van der Waals surface area contributed by atoms with E-state index in [1.165, 1.54) is 0 Å². The van der Waals surface area contributed by atoms with Crippen molar-refractivity contribution in [2.24, 2.45) is 5.73 Å². The van der Waals surface area contributed by atoms with Crippen LogP contribution in [0.5, 0.6) is 5.88 Å². The summed E-state index contributed by atoms with van der Waals surface area (Å²) in [4.78, 5) is 3.34. The summed E-state index contributed by atoms with van der Waals surface area (Å²) < 4.78 is 39.2. The number of pyridine rings is 1. The molecule has 0 aromatic carbocycles. The Bertz CT molecular complexity index is 438. The van der Waals surface area contributed by atoms with Gasteiger partial charge < -0.3 is 16.2 Å². The number of nitrogen functional groups attached to an aromatic ring is 1. The number of rotatable bonds is 2. The smallest absolute Gasteiger partial charge is 0.388 e. The minimum Gasteiger partial charge on any atom is -0.388 e. The lowest BCUT2D eigenvalue weighted by Crippen LogP contribution is -2.19. The highest BCUT2D eigenvalue weighted by molar-refractivity contribution is 5.52. The summed E-state index contributed by atoms with van der Waals surface area (Å²) in [6.07, 6.45) is -4.88. The van der Waals surface area contributed by atoms with E-state index in [4.69, 9.17) is 16.7 Å². The number of hydrogen-bond acceptors (Lipinski definition) is 5. The van der Waals surface area contributed by atoms with Gasteiger partial charge >= 0.3 is 6.36 Å². The van der Waals surface area contributed by atoms with Crippen LogP contribution in [0.4, 0.5) is 19.0 Å². The van der Waals surface area contributed by atoms with Gasteiger partial charge in [-0.05, 0) is 0 Å². The Labute approximate surface area is 88.4 Å². The third-order valence-corrected chi connectivity index (χ3v) is 1.68. The number of nitrogens with two attached hydrogens (primary N) is 2. The Balaban J connectivity index is 3.17. The maximum atomic E-state index is 11.9. The van der Waals surface area contributed by atoms with Crippen LogP contribution in [0, 0.1) is 11.3 Å². The van der Waals surface area contributed by atoms with Gasteiger partial charge in [-0.1, -0.05) is 0 Å². The molecule has 1 aromatic heterocycles. The zero-order valence-electron chi connectivity index (χ0n) is 7.88. The van der Waals surface area contributed by atoms with Gasteiger partial charge in [0.25, 0.3) is 0 Å². The second-order valence-corrected chi connectivity index (χ2v) is 2.74. The van der Waals surface area contributed by atoms with Gasteiger partial charge in [-0.3, -0.25) is 0 Å². The van der Waals surface area contributed by atoms with Crippen LogP contribution in [0.3, 0.4) is 0 Å². The van der Waals surface area contributed by atoms with E-state index in [1.54, 1.807) is 6.07 Å². The first-order valence-electron chi connectivity index (χ1n) is 4.02. The molecule has 0 spiro atoms. The summed E-state index contributed by atoms with van der Waals surface area (Å²) in [5.41, 5.74) is 10.7. The van der Waals surface area contributed by atoms with Crippen molar-refractivity contribution in [3.63, 3.8) is 0 Å². The van der Waals surface area contributed by atoms with Crippen LogP contribution in [0.15, 0.2) is 6.07 Å². The van der Waals surface area contributed by atoms with Gasteiger partial charge in [0.15, 0.2) is 0 Å². The van der Waals surface area contributed by atoms with E-state index >= 15 is 0 Å². The Kier molecular flexibility index (Phi) is 3.20. The van der Waals surface area contributed by atoms with E-state index in [2.05, 4.69) is 9.72 Å². The second kappa shape index (κ2) is 4.24. The number of aromatic nitrogens is 1. The van der Waals surface area contributed by atoms with Crippen molar-refractivity contribution in [2.75, 3.05) is 5.73 Å². The molecule has 0 aliphatic rings. The van der Waals surface area contributed by atoms with Crippen LogP contribution in [0.2, 0.25) is 0 Å². The van der Waals surface area contributed by atoms with Crippen molar-refractivity contribution in [1.82, 2.24) is 4.98 Å². The highest BCUT2D eigenvalue weighted by Crippen LogP contribution is 2.25. The lowest BCUT2D eigenvalue weighted by molar-refractivity contribution is -0.276. The molecular weight excluding hydrogens is 225 g/mol. The Morgan fingerprint density at radius 3 is 2.56 bits per heavy atom. The number of alkyl halides is 3. The van der Waals surface area contributed by atoms with E-state index in [9.17, 15) is 13.2 Å². The van der Waals surface area contributed by atoms with Crippen LogP contribution in [0.25, 0.3) is 0 Å². The van der Waals surface area contributed by atoms with Crippen molar-refractivity contribution in [3.8, 4) is 11.9 Å². The summed E-state index contributed by atoms with van der Waals surface area (Å²) >= 11 is 0. The molecule has 16 heavy (non-hydrogen) atoms. The fourth-order valence-corrected chi connectivity index (χ4v) is 1.05. The fourth-order valence-electron chi connectivity index (χ4n) is 1.05. The monoisotopic (exact) mass is 232 g/mol. The lowest BCUT2D eigenvalue weighted by atomic mass is 10.1. The maximum absolute atomic E-state index is 11.9. The van der Waals surface area contributed by atoms with E-state index < -0.39 is 12.2 Å².